The van der Waals surface area contributed by atoms with E-state index >= 15 is 0 Å². The molecule has 1 aliphatic rings. The Bertz CT molecular complexity index is 1570. The SMILES string of the molecule is O=C(c1ccc(-c2ccc3ncc(C#Cc4cnc5cccnn45)n3n2)cc1)N1CCOCC1. The molecule has 34 heavy (non-hydrogen) atoms. The fourth-order valence-electron chi connectivity index (χ4n) is 3.89. The predicted molar refractivity (Wildman–Crippen MR) is 124 cm³/mol. The highest BCUT2D eigenvalue weighted by molar-refractivity contribution is 5.94. The third-order valence-corrected chi connectivity index (χ3v) is 5.68. The van der Waals surface area contributed by atoms with Crippen molar-refractivity contribution in [3.63, 3.8) is 0 Å². The molecule has 5 heterocycles. The quantitative estimate of drug-likeness (QED) is 0.384. The summed E-state index contributed by atoms with van der Waals surface area (Å²) in [7, 11) is 0. The van der Waals surface area contributed by atoms with Crippen LogP contribution in [-0.2, 0) is 4.74 Å². The maximum absolute atomic E-state index is 12.7. The smallest absolute Gasteiger partial charge is 0.254 e. The molecule has 0 saturated carbocycles. The van der Waals surface area contributed by atoms with Crippen molar-refractivity contribution in [1.29, 1.82) is 0 Å². The van der Waals surface area contributed by atoms with E-state index in [1.54, 1.807) is 27.6 Å². The monoisotopic (exact) mass is 449 g/mol. The lowest BCUT2D eigenvalue weighted by molar-refractivity contribution is 0.0303. The highest BCUT2D eigenvalue weighted by Crippen LogP contribution is 2.19. The number of hydrogen-bond donors (Lipinski definition) is 0. The van der Waals surface area contributed by atoms with Gasteiger partial charge in [0.1, 0.15) is 11.4 Å². The lowest BCUT2D eigenvalue weighted by Crippen LogP contribution is -2.40. The third kappa shape index (κ3) is 3.66. The standard InChI is InChI=1S/C25H19N7O2/c33-25(30-12-14-34-15-13-30)19-5-3-18(4-6-19)22-9-10-24-27-17-21(32(24)29-22)8-7-20-16-26-23-2-1-11-28-31(20)23/h1-6,9-11,16-17H,12-15H2. The second-order valence-corrected chi connectivity index (χ2v) is 7.80. The molecule has 5 aromatic rings. The molecule has 0 aliphatic carbocycles. The maximum Gasteiger partial charge on any atom is 0.254 e. The van der Waals surface area contributed by atoms with E-state index in [1.807, 2.05) is 53.4 Å². The van der Waals surface area contributed by atoms with Gasteiger partial charge in [-0.3, -0.25) is 4.79 Å². The summed E-state index contributed by atoms with van der Waals surface area (Å²) in [4.78, 5) is 23.2. The van der Waals surface area contributed by atoms with E-state index in [1.165, 1.54) is 0 Å². The van der Waals surface area contributed by atoms with Crippen molar-refractivity contribution in [2.75, 3.05) is 26.3 Å². The van der Waals surface area contributed by atoms with Crippen LogP contribution in [0.5, 0.6) is 0 Å². The van der Waals surface area contributed by atoms with Gasteiger partial charge in [-0.05, 0) is 48.2 Å². The van der Waals surface area contributed by atoms with Gasteiger partial charge in [-0.2, -0.15) is 10.2 Å². The fraction of sp³-hybridized carbons (Fsp3) is 0.160. The number of fused-ring (bicyclic) bond motifs is 2. The average molecular weight is 449 g/mol. The molecule has 0 radical (unpaired) electrons. The first-order valence-corrected chi connectivity index (χ1v) is 10.9. The van der Waals surface area contributed by atoms with Crippen molar-refractivity contribution in [3.05, 3.63) is 84.1 Å². The summed E-state index contributed by atoms with van der Waals surface area (Å²) < 4.78 is 8.73. The van der Waals surface area contributed by atoms with Crippen molar-refractivity contribution in [2.24, 2.45) is 0 Å². The van der Waals surface area contributed by atoms with E-state index in [0.717, 1.165) is 16.9 Å². The van der Waals surface area contributed by atoms with Gasteiger partial charge in [-0.1, -0.05) is 12.1 Å². The van der Waals surface area contributed by atoms with Gasteiger partial charge in [0, 0.05) is 30.4 Å². The van der Waals surface area contributed by atoms with Crippen LogP contribution < -0.4 is 0 Å². The summed E-state index contributed by atoms with van der Waals surface area (Å²) >= 11 is 0. The lowest BCUT2D eigenvalue weighted by atomic mass is 10.1. The molecule has 6 rings (SSSR count). The topological polar surface area (TPSA) is 89.9 Å². The van der Waals surface area contributed by atoms with Crippen LogP contribution in [-0.4, -0.2) is 66.3 Å². The molecule has 1 aliphatic heterocycles. The van der Waals surface area contributed by atoms with Crippen LogP contribution in [0.1, 0.15) is 21.7 Å². The molecular weight excluding hydrogens is 430 g/mol. The molecular formula is C25H19N7O2. The number of morpholine rings is 1. The first-order valence-electron chi connectivity index (χ1n) is 10.9. The van der Waals surface area contributed by atoms with Gasteiger partial charge >= 0.3 is 0 Å². The summed E-state index contributed by atoms with van der Waals surface area (Å²) in [5, 5.41) is 9.02. The molecule has 9 heteroatoms. The van der Waals surface area contributed by atoms with Gasteiger partial charge in [-0.15, -0.1) is 0 Å². The van der Waals surface area contributed by atoms with Gasteiger partial charge < -0.3 is 9.64 Å². The molecule has 1 fully saturated rings. The lowest BCUT2D eigenvalue weighted by Gasteiger charge is -2.26. The minimum absolute atomic E-state index is 0.0207. The molecule has 9 nitrogen and oxygen atoms in total. The van der Waals surface area contributed by atoms with Crippen molar-refractivity contribution in [1.82, 2.24) is 34.1 Å². The van der Waals surface area contributed by atoms with E-state index in [2.05, 4.69) is 26.9 Å². The molecule has 0 N–H and O–H groups in total. The Balaban J connectivity index is 1.29. The summed E-state index contributed by atoms with van der Waals surface area (Å²) in [5.41, 5.74) is 5.09. The van der Waals surface area contributed by atoms with E-state index in [9.17, 15) is 4.79 Å². The first kappa shape index (κ1) is 20.1. The summed E-state index contributed by atoms with van der Waals surface area (Å²) in [6.45, 7) is 2.40. The van der Waals surface area contributed by atoms with E-state index in [4.69, 9.17) is 9.84 Å². The molecule has 4 aromatic heterocycles. The average Bonchev–Trinajstić information content (AvgIpc) is 3.51. The zero-order valence-electron chi connectivity index (χ0n) is 18.1. The number of carbonyl (C=O) groups is 1. The third-order valence-electron chi connectivity index (χ3n) is 5.68. The second kappa shape index (κ2) is 8.42. The molecule has 1 saturated heterocycles. The number of ether oxygens (including phenoxy) is 1. The Morgan fingerprint density at radius 3 is 2.32 bits per heavy atom. The number of imidazole rings is 2. The summed E-state index contributed by atoms with van der Waals surface area (Å²) in [6, 6.07) is 15.0. The molecule has 166 valence electrons. The van der Waals surface area contributed by atoms with Crippen LogP contribution in [0.25, 0.3) is 22.6 Å². The van der Waals surface area contributed by atoms with Crippen LogP contribution >= 0.6 is 0 Å². The van der Waals surface area contributed by atoms with Crippen LogP contribution in [0.2, 0.25) is 0 Å². The van der Waals surface area contributed by atoms with Crippen LogP contribution in [0, 0.1) is 11.8 Å². The fourth-order valence-corrected chi connectivity index (χ4v) is 3.89. The van der Waals surface area contributed by atoms with Crippen molar-refractivity contribution >= 4 is 17.2 Å². The first-order chi connectivity index (χ1) is 16.8. The molecule has 1 aromatic carbocycles. The molecule has 0 bridgehead atoms. The van der Waals surface area contributed by atoms with Crippen molar-refractivity contribution < 1.29 is 9.53 Å². The number of carbonyl (C=O) groups excluding carboxylic acids is 1. The minimum atomic E-state index is 0.0207. The zero-order chi connectivity index (χ0) is 22.9. The summed E-state index contributed by atoms with van der Waals surface area (Å²) in [5.74, 6) is 6.26. The van der Waals surface area contributed by atoms with Crippen molar-refractivity contribution in [3.8, 4) is 23.1 Å². The Morgan fingerprint density at radius 1 is 0.853 bits per heavy atom. The Morgan fingerprint density at radius 2 is 1.56 bits per heavy atom. The largest absolute Gasteiger partial charge is 0.378 e. The number of nitrogens with zero attached hydrogens (tertiary/aromatic N) is 7. The Hall–Kier alpha value is -4.55. The van der Waals surface area contributed by atoms with E-state index in [0.29, 0.717) is 48.9 Å². The number of hydrogen-bond acceptors (Lipinski definition) is 6. The minimum Gasteiger partial charge on any atom is -0.378 e. The predicted octanol–water partition coefficient (Wildman–Crippen LogP) is 2.31. The number of aromatic nitrogens is 6. The van der Waals surface area contributed by atoms with Crippen LogP contribution in [0.3, 0.4) is 0 Å². The maximum atomic E-state index is 12.7. The molecule has 1 amide bonds. The Labute approximate surface area is 194 Å². The van der Waals surface area contributed by atoms with Gasteiger partial charge in [0.15, 0.2) is 11.3 Å². The van der Waals surface area contributed by atoms with Gasteiger partial charge in [-0.25, -0.2) is 19.0 Å². The highest BCUT2D eigenvalue weighted by Gasteiger charge is 2.18. The van der Waals surface area contributed by atoms with Crippen LogP contribution in [0.4, 0.5) is 0 Å². The van der Waals surface area contributed by atoms with Crippen LogP contribution in [0.15, 0.2) is 67.1 Å². The van der Waals surface area contributed by atoms with E-state index < -0.39 is 0 Å². The number of benzene rings is 1. The molecule has 0 unspecified atom stereocenters. The molecule has 0 atom stereocenters. The number of rotatable bonds is 2. The number of amides is 1. The highest BCUT2D eigenvalue weighted by atomic mass is 16.5. The normalized spacial score (nSPS) is 13.7. The van der Waals surface area contributed by atoms with Crippen molar-refractivity contribution in [2.45, 2.75) is 0 Å². The van der Waals surface area contributed by atoms with Gasteiger partial charge in [0.05, 0.1) is 31.3 Å². The van der Waals surface area contributed by atoms with E-state index in [-0.39, 0.29) is 5.91 Å². The molecule has 0 spiro atoms. The van der Waals surface area contributed by atoms with Gasteiger partial charge in [0.25, 0.3) is 5.91 Å². The van der Waals surface area contributed by atoms with Gasteiger partial charge in [0.2, 0.25) is 0 Å². The second-order valence-electron chi connectivity index (χ2n) is 7.80. The Kier molecular flexibility index (Phi) is 4.98. The zero-order valence-corrected chi connectivity index (χ0v) is 18.1. The summed E-state index contributed by atoms with van der Waals surface area (Å²) in [6.07, 6.45) is 5.08.